The lowest BCUT2D eigenvalue weighted by Gasteiger charge is -2.11. The van der Waals surface area contributed by atoms with Gasteiger partial charge in [-0.15, -0.1) is 0 Å². The minimum absolute atomic E-state index is 0.124. The first-order valence-electron chi connectivity index (χ1n) is 7.55. The van der Waals surface area contributed by atoms with Crippen molar-refractivity contribution in [2.24, 2.45) is 5.92 Å². The molecule has 1 unspecified atom stereocenters. The maximum atomic E-state index is 13.1. The van der Waals surface area contributed by atoms with E-state index in [-0.39, 0.29) is 11.9 Å². The van der Waals surface area contributed by atoms with Gasteiger partial charge in [0, 0.05) is 31.7 Å². The molecule has 110 valence electrons. The fraction of sp³-hybridized carbons (Fsp3) is 0.625. The van der Waals surface area contributed by atoms with Crippen molar-refractivity contribution in [1.82, 2.24) is 5.32 Å². The van der Waals surface area contributed by atoms with Crippen molar-refractivity contribution in [3.63, 3.8) is 0 Å². The van der Waals surface area contributed by atoms with E-state index >= 15 is 0 Å². The second-order valence-electron chi connectivity index (χ2n) is 5.77. The van der Waals surface area contributed by atoms with Gasteiger partial charge < -0.3 is 14.8 Å². The summed E-state index contributed by atoms with van der Waals surface area (Å²) >= 11 is 0. The van der Waals surface area contributed by atoms with E-state index in [4.69, 9.17) is 9.47 Å². The molecule has 1 aliphatic heterocycles. The maximum absolute atomic E-state index is 13.1. The van der Waals surface area contributed by atoms with Crippen LogP contribution in [0.15, 0.2) is 18.2 Å². The van der Waals surface area contributed by atoms with Gasteiger partial charge in [0.25, 0.3) is 0 Å². The first-order chi connectivity index (χ1) is 9.81. The SMILES string of the molecule is Fc1ccc2c(c1)CC(CNCCCOCC1CC1)O2. The lowest BCUT2D eigenvalue weighted by atomic mass is 10.1. The number of rotatable bonds is 8. The van der Waals surface area contributed by atoms with Crippen LogP contribution in [0.4, 0.5) is 4.39 Å². The van der Waals surface area contributed by atoms with Crippen molar-refractivity contribution in [3.05, 3.63) is 29.6 Å². The number of ether oxygens (including phenoxy) is 2. The predicted octanol–water partition coefficient (Wildman–Crippen LogP) is 2.54. The fourth-order valence-corrected chi connectivity index (χ4v) is 2.50. The van der Waals surface area contributed by atoms with Gasteiger partial charge >= 0.3 is 0 Å². The number of halogens is 1. The smallest absolute Gasteiger partial charge is 0.123 e. The highest BCUT2D eigenvalue weighted by atomic mass is 19.1. The van der Waals surface area contributed by atoms with E-state index in [1.165, 1.54) is 18.9 Å². The highest BCUT2D eigenvalue weighted by Gasteiger charge is 2.23. The monoisotopic (exact) mass is 279 g/mol. The Morgan fingerprint density at radius 1 is 1.35 bits per heavy atom. The van der Waals surface area contributed by atoms with E-state index in [2.05, 4.69) is 5.32 Å². The maximum Gasteiger partial charge on any atom is 0.123 e. The molecule has 0 radical (unpaired) electrons. The van der Waals surface area contributed by atoms with Crippen LogP contribution in [-0.2, 0) is 11.2 Å². The zero-order valence-electron chi connectivity index (χ0n) is 11.7. The molecule has 0 aromatic heterocycles. The third kappa shape index (κ3) is 3.93. The zero-order chi connectivity index (χ0) is 13.8. The van der Waals surface area contributed by atoms with Gasteiger partial charge in [0.05, 0.1) is 0 Å². The summed E-state index contributed by atoms with van der Waals surface area (Å²) in [6, 6.07) is 4.74. The number of benzene rings is 1. The standard InChI is InChI=1S/C16H22FNO2/c17-14-4-5-16-13(8-14)9-15(20-16)10-18-6-1-7-19-11-12-2-3-12/h4-5,8,12,15,18H,1-3,6-7,9-11H2. The van der Waals surface area contributed by atoms with E-state index in [0.717, 1.165) is 56.4 Å². The molecular formula is C16H22FNO2. The fourth-order valence-electron chi connectivity index (χ4n) is 2.50. The highest BCUT2D eigenvalue weighted by molar-refractivity contribution is 5.37. The van der Waals surface area contributed by atoms with E-state index in [9.17, 15) is 4.39 Å². The van der Waals surface area contributed by atoms with E-state index in [1.807, 2.05) is 0 Å². The summed E-state index contributed by atoms with van der Waals surface area (Å²) in [5.74, 6) is 1.48. The molecule has 0 saturated heterocycles. The lowest BCUT2D eigenvalue weighted by Crippen LogP contribution is -2.31. The molecule has 1 fully saturated rings. The lowest BCUT2D eigenvalue weighted by molar-refractivity contribution is 0.121. The Morgan fingerprint density at radius 3 is 3.10 bits per heavy atom. The van der Waals surface area contributed by atoms with Crippen molar-refractivity contribution < 1.29 is 13.9 Å². The molecule has 0 amide bonds. The van der Waals surface area contributed by atoms with Crippen LogP contribution in [0.2, 0.25) is 0 Å². The second-order valence-corrected chi connectivity index (χ2v) is 5.77. The molecule has 1 atom stereocenters. The van der Waals surface area contributed by atoms with E-state index in [1.54, 1.807) is 12.1 Å². The molecule has 1 aromatic rings. The molecular weight excluding hydrogens is 257 g/mol. The molecule has 3 nitrogen and oxygen atoms in total. The molecule has 0 spiro atoms. The molecule has 4 heteroatoms. The van der Waals surface area contributed by atoms with E-state index in [0.29, 0.717) is 0 Å². The van der Waals surface area contributed by atoms with Crippen LogP contribution in [-0.4, -0.2) is 32.4 Å². The van der Waals surface area contributed by atoms with Gasteiger partial charge in [-0.05, 0) is 49.9 Å². The summed E-state index contributed by atoms with van der Waals surface area (Å²) in [7, 11) is 0. The molecule has 2 aliphatic rings. The van der Waals surface area contributed by atoms with Crippen LogP contribution >= 0.6 is 0 Å². The summed E-state index contributed by atoms with van der Waals surface area (Å²) in [6.07, 6.45) is 4.63. The van der Waals surface area contributed by atoms with Gasteiger partial charge in [0.2, 0.25) is 0 Å². The van der Waals surface area contributed by atoms with Crippen molar-refractivity contribution in [2.75, 3.05) is 26.3 Å². The summed E-state index contributed by atoms with van der Waals surface area (Å²) < 4.78 is 24.4. The predicted molar refractivity (Wildman–Crippen MR) is 75.5 cm³/mol. The summed E-state index contributed by atoms with van der Waals surface area (Å²) in [6.45, 7) is 3.52. The normalized spacial score (nSPS) is 20.8. The number of nitrogens with one attached hydrogen (secondary N) is 1. The van der Waals surface area contributed by atoms with Gasteiger partial charge in [0.15, 0.2) is 0 Å². The van der Waals surface area contributed by atoms with Gasteiger partial charge in [-0.25, -0.2) is 4.39 Å². The van der Waals surface area contributed by atoms with Crippen LogP contribution < -0.4 is 10.1 Å². The zero-order valence-corrected chi connectivity index (χ0v) is 11.7. The molecule has 3 rings (SSSR count). The number of hydrogen-bond donors (Lipinski definition) is 1. The van der Waals surface area contributed by atoms with Crippen molar-refractivity contribution in [1.29, 1.82) is 0 Å². The van der Waals surface area contributed by atoms with Gasteiger partial charge in [-0.2, -0.15) is 0 Å². The van der Waals surface area contributed by atoms with Crippen molar-refractivity contribution >= 4 is 0 Å². The van der Waals surface area contributed by atoms with Gasteiger partial charge in [0.1, 0.15) is 17.7 Å². The summed E-state index contributed by atoms with van der Waals surface area (Å²) in [5, 5.41) is 3.38. The first kappa shape index (κ1) is 13.8. The third-order valence-corrected chi connectivity index (χ3v) is 3.83. The Labute approximate surface area is 119 Å². The summed E-state index contributed by atoms with van der Waals surface area (Å²) in [5.41, 5.74) is 0.976. The Hall–Kier alpha value is -1.13. The Kier molecular flexibility index (Phi) is 4.53. The molecule has 1 N–H and O–H groups in total. The van der Waals surface area contributed by atoms with Crippen LogP contribution in [0.25, 0.3) is 0 Å². The van der Waals surface area contributed by atoms with Crippen LogP contribution in [0.1, 0.15) is 24.8 Å². The largest absolute Gasteiger partial charge is 0.488 e. The molecule has 20 heavy (non-hydrogen) atoms. The molecule has 1 aromatic carbocycles. The number of fused-ring (bicyclic) bond motifs is 1. The summed E-state index contributed by atoms with van der Waals surface area (Å²) in [4.78, 5) is 0. The molecule has 0 bridgehead atoms. The topological polar surface area (TPSA) is 30.5 Å². The van der Waals surface area contributed by atoms with E-state index < -0.39 is 0 Å². The highest BCUT2D eigenvalue weighted by Crippen LogP contribution is 2.29. The average molecular weight is 279 g/mol. The quantitative estimate of drug-likeness (QED) is 0.742. The minimum Gasteiger partial charge on any atom is -0.488 e. The Morgan fingerprint density at radius 2 is 2.25 bits per heavy atom. The second kappa shape index (κ2) is 6.55. The van der Waals surface area contributed by atoms with Crippen molar-refractivity contribution in [2.45, 2.75) is 31.8 Å². The minimum atomic E-state index is -0.186. The number of hydrogen-bond acceptors (Lipinski definition) is 3. The first-order valence-corrected chi connectivity index (χ1v) is 7.55. The average Bonchev–Trinajstić information content (AvgIpc) is 3.17. The van der Waals surface area contributed by atoms with Crippen LogP contribution in [0.3, 0.4) is 0 Å². The van der Waals surface area contributed by atoms with Crippen molar-refractivity contribution in [3.8, 4) is 5.75 Å². The molecule has 1 aliphatic carbocycles. The third-order valence-electron chi connectivity index (χ3n) is 3.83. The molecule has 1 saturated carbocycles. The Bertz CT molecular complexity index is 448. The van der Waals surface area contributed by atoms with Gasteiger partial charge in [-0.3, -0.25) is 0 Å². The molecule has 1 heterocycles. The van der Waals surface area contributed by atoms with Crippen LogP contribution in [0, 0.1) is 11.7 Å². The van der Waals surface area contributed by atoms with Crippen LogP contribution in [0.5, 0.6) is 5.75 Å². The Balaban J connectivity index is 1.26. The van der Waals surface area contributed by atoms with Gasteiger partial charge in [-0.1, -0.05) is 0 Å².